The van der Waals surface area contributed by atoms with Crippen LogP contribution in [0.4, 0.5) is 0 Å². The number of thiazole rings is 1. The van der Waals surface area contributed by atoms with Crippen LogP contribution in [0.5, 0.6) is 0 Å². The van der Waals surface area contributed by atoms with Gasteiger partial charge in [-0.05, 0) is 33.7 Å². The van der Waals surface area contributed by atoms with Crippen molar-refractivity contribution in [1.29, 1.82) is 0 Å². The van der Waals surface area contributed by atoms with Crippen LogP contribution in [0.1, 0.15) is 72.8 Å². The number of hydrogen-bond donors (Lipinski definition) is 0. The molecule has 0 bridgehead atoms. The van der Waals surface area contributed by atoms with Crippen LogP contribution in [-0.2, 0) is 19.5 Å². The van der Waals surface area contributed by atoms with Crippen LogP contribution in [0.3, 0.4) is 0 Å². The average Bonchev–Trinajstić information content (AvgIpc) is 3.11. The first-order chi connectivity index (χ1) is 11.0. The minimum absolute atomic E-state index is 0.344. The Morgan fingerprint density at radius 3 is 2.70 bits per heavy atom. The van der Waals surface area contributed by atoms with E-state index in [4.69, 9.17) is 4.98 Å². The highest BCUT2D eigenvalue weighted by atomic mass is 32.1. The fraction of sp³-hybridized carbons (Fsp3) is 0.706. The van der Waals surface area contributed by atoms with Crippen molar-refractivity contribution >= 4 is 11.3 Å². The molecule has 0 aromatic carbocycles. The van der Waals surface area contributed by atoms with Crippen molar-refractivity contribution in [1.82, 2.24) is 24.6 Å². The summed E-state index contributed by atoms with van der Waals surface area (Å²) in [6.07, 6.45) is 3.55. The molecule has 5 nitrogen and oxygen atoms in total. The largest absolute Gasteiger partial charge is 0.314 e. The van der Waals surface area contributed by atoms with Gasteiger partial charge in [0.2, 0.25) is 0 Å². The van der Waals surface area contributed by atoms with E-state index in [-0.39, 0.29) is 0 Å². The Bertz CT molecular complexity index is 673. The molecular formula is C17H27N5S. The zero-order valence-corrected chi connectivity index (χ0v) is 15.7. The monoisotopic (exact) mass is 333 g/mol. The van der Waals surface area contributed by atoms with Crippen molar-refractivity contribution in [3.8, 4) is 0 Å². The predicted molar refractivity (Wildman–Crippen MR) is 93.8 cm³/mol. The standard InChI is InChI=1S/C17H27N5S/c1-11(2)17-18-12(3)16(23-17)13(4)21(5)10-15-20-19-14-8-6-7-9-22(14)15/h11,13H,6-10H2,1-5H3/t13-/m1/s1. The molecule has 0 aliphatic carbocycles. The van der Waals surface area contributed by atoms with Gasteiger partial charge in [0.05, 0.1) is 17.2 Å². The molecule has 0 radical (unpaired) electrons. The fourth-order valence-electron chi connectivity index (χ4n) is 3.11. The van der Waals surface area contributed by atoms with Crippen molar-refractivity contribution in [2.45, 2.75) is 72.0 Å². The third-order valence-electron chi connectivity index (χ3n) is 4.71. The van der Waals surface area contributed by atoms with Crippen LogP contribution in [0.25, 0.3) is 0 Å². The maximum atomic E-state index is 4.74. The quantitative estimate of drug-likeness (QED) is 0.837. The SMILES string of the molecule is Cc1nc(C(C)C)sc1[C@@H](C)N(C)Cc1nnc2n1CCCC2. The second-order valence-electron chi connectivity index (χ2n) is 6.89. The number of fused-ring (bicyclic) bond motifs is 1. The molecule has 2 aromatic rings. The van der Waals surface area contributed by atoms with Crippen LogP contribution >= 0.6 is 11.3 Å². The summed E-state index contributed by atoms with van der Waals surface area (Å²) in [5.41, 5.74) is 1.17. The van der Waals surface area contributed by atoms with E-state index in [0.29, 0.717) is 12.0 Å². The summed E-state index contributed by atoms with van der Waals surface area (Å²) in [7, 11) is 2.17. The third kappa shape index (κ3) is 3.33. The van der Waals surface area contributed by atoms with Gasteiger partial charge in [0, 0.05) is 29.8 Å². The Balaban J connectivity index is 1.75. The molecule has 0 saturated carbocycles. The molecule has 23 heavy (non-hydrogen) atoms. The molecule has 1 atom stereocenters. The zero-order chi connectivity index (χ0) is 16.6. The predicted octanol–water partition coefficient (Wildman–Crippen LogP) is 3.70. The summed E-state index contributed by atoms with van der Waals surface area (Å²) in [5, 5.41) is 10.0. The number of aryl methyl sites for hydroxylation is 2. The van der Waals surface area contributed by atoms with Gasteiger partial charge in [-0.3, -0.25) is 4.90 Å². The van der Waals surface area contributed by atoms with Crippen molar-refractivity contribution in [3.63, 3.8) is 0 Å². The lowest BCUT2D eigenvalue weighted by Crippen LogP contribution is -2.25. The second kappa shape index (κ2) is 6.69. The lowest BCUT2D eigenvalue weighted by Gasteiger charge is -2.24. The molecule has 3 heterocycles. The second-order valence-corrected chi connectivity index (χ2v) is 7.95. The molecular weight excluding hydrogens is 306 g/mol. The summed E-state index contributed by atoms with van der Waals surface area (Å²) in [4.78, 5) is 8.47. The lowest BCUT2D eigenvalue weighted by molar-refractivity contribution is 0.244. The Labute approximate surface area is 142 Å². The minimum atomic E-state index is 0.344. The summed E-state index contributed by atoms with van der Waals surface area (Å²) in [6, 6.07) is 0.344. The van der Waals surface area contributed by atoms with E-state index in [2.05, 4.69) is 54.4 Å². The number of aromatic nitrogens is 4. The van der Waals surface area contributed by atoms with Crippen molar-refractivity contribution in [2.75, 3.05) is 7.05 Å². The highest BCUT2D eigenvalue weighted by Gasteiger charge is 2.22. The van der Waals surface area contributed by atoms with Crippen LogP contribution in [0, 0.1) is 6.92 Å². The highest BCUT2D eigenvalue weighted by Crippen LogP contribution is 2.32. The van der Waals surface area contributed by atoms with E-state index in [9.17, 15) is 0 Å². The lowest BCUT2D eigenvalue weighted by atomic mass is 10.1. The summed E-state index contributed by atoms with van der Waals surface area (Å²) < 4.78 is 2.31. The van der Waals surface area contributed by atoms with Gasteiger partial charge in [-0.1, -0.05) is 13.8 Å². The van der Waals surface area contributed by atoms with E-state index < -0.39 is 0 Å². The van der Waals surface area contributed by atoms with Gasteiger partial charge in [0.25, 0.3) is 0 Å². The number of rotatable bonds is 5. The molecule has 1 aliphatic heterocycles. The van der Waals surface area contributed by atoms with Gasteiger partial charge in [0.15, 0.2) is 0 Å². The van der Waals surface area contributed by atoms with Gasteiger partial charge in [-0.2, -0.15) is 0 Å². The van der Waals surface area contributed by atoms with E-state index in [0.717, 1.165) is 31.2 Å². The van der Waals surface area contributed by atoms with Crippen molar-refractivity contribution in [3.05, 3.63) is 27.2 Å². The first-order valence-corrected chi connectivity index (χ1v) is 9.37. The van der Waals surface area contributed by atoms with Crippen LogP contribution in [-0.4, -0.2) is 31.7 Å². The third-order valence-corrected chi connectivity index (χ3v) is 6.34. The zero-order valence-electron chi connectivity index (χ0n) is 14.8. The van der Waals surface area contributed by atoms with Crippen molar-refractivity contribution in [2.24, 2.45) is 0 Å². The minimum Gasteiger partial charge on any atom is -0.314 e. The number of hydrogen-bond acceptors (Lipinski definition) is 5. The van der Waals surface area contributed by atoms with Crippen molar-refractivity contribution < 1.29 is 0 Å². The summed E-state index contributed by atoms with van der Waals surface area (Å²) >= 11 is 1.85. The molecule has 2 aromatic heterocycles. The molecule has 0 N–H and O–H groups in total. The molecule has 1 aliphatic rings. The van der Waals surface area contributed by atoms with Crippen LogP contribution in [0.15, 0.2) is 0 Å². The molecule has 126 valence electrons. The van der Waals surface area contributed by atoms with E-state index in [1.165, 1.54) is 28.4 Å². The van der Waals surface area contributed by atoms with E-state index >= 15 is 0 Å². The van der Waals surface area contributed by atoms with E-state index in [1.807, 2.05) is 11.3 Å². The van der Waals surface area contributed by atoms with Crippen LogP contribution < -0.4 is 0 Å². The average molecular weight is 334 g/mol. The van der Waals surface area contributed by atoms with Crippen LogP contribution in [0.2, 0.25) is 0 Å². The molecule has 0 unspecified atom stereocenters. The summed E-state index contributed by atoms with van der Waals surface area (Å²) in [6.45, 7) is 10.7. The Morgan fingerprint density at radius 2 is 2.00 bits per heavy atom. The van der Waals surface area contributed by atoms with Gasteiger partial charge >= 0.3 is 0 Å². The topological polar surface area (TPSA) is 46.8 Å². The van der Waals surface area contributed by atoms with Gasteiger partial charge < -0.3 is 4.57 Å². The Hall–Kier alpha value is -1.27. The first kappa shape index (κ1) is 16.6. The van der Waals surface area contributed by atoms with E-state index in [1.54, 1.807) is 0 Å². The molecule has 0 fully saturated rings. The molecule has 6 heteroatoms. The first-order valence-electron chi connectivity index (χ1n) is 8.55. The summed E-state index contributed by atoms with van der Waals surface area (Å²) in [5.74, 6) is 2.75. The maximum Gasteiger partial charge on any atom is 0.147 e. The molecule has 0 amide bonds. The molecule has 0 saturated heterocycles. The smallest absolute Gasteiger partial charge is 0.147 e. The molecule has 3 rings (SSSR count). The molecule has 0 spiro atoms. The number of nitrogens with zero attached hydrogens (tertiary/aromatic N) is 5. The van der Waals surface area contributed by atoms with Gasteiger partial charge in [-0.15, -0.1) is 21.5 Å². The maximum absolute atomic E-state index is 4.74. The van der Waals surface area contributed by atoms with Gasteiger partial charge in [-0.25, -0.2) is 4.98 Å². The highest BCUT2D eigenvalue weighted by molar-refractivity contribution is 7.11. The normalized spacial score (nSPS) is 16.1. The van der Waals surface area contributed by atoms with Gasteiger partial charge in [0.1, 0.15) is 11.6 Å². The Morgan fingerprint density at radius 1 is 1.22 bits per heavy atom. The fourth-order valence-corrected chi connectivity index (χ4v) is 4.30. The Kier molecular flexibility index (Phi) is 4.82.